The molecule has 0 aliphatic carbocycles. The Morgan fingerprint density at radius 3 is 2.67 bits per heavy atom. The van der Waals surface area contributed by atoms with Crippen LogP contribution >= 0.6 is 11.6 Å². The Kier molecular flexibility index (Phi) is 3.97. The Morgan fingerprint density at radius 2 is 1.95 bits per heavy atom. The van der Waals surface area contributed by atoms with Crippen molar-refractivity contribution in [2.75, 3.05) is 13.1 Å². The smallest absolute Gasteiger partial charge is 0.274 e. The maximum atomic E-state index is 12.5. The highest BCUT2D eigenvalue weighted by atomic mass is 35.5. The Labute approximate surface area is 129 Å². The molecule has 0 bridgehead atoms. The number of carbonyl (C=O) groups is 1. The van der Waals surface area contributed by atoms with Crippen LogP contribution in [0.15, 0.2) is 30.3 Å². The first-order valence-electron chi connectivity index (χ1n) is 7.27. The molecule has 1 aromatic carbocycles. The molecule has 1 fully saturated rings. The Balaban J connectivity index is 1.88. The molecule has 5 heteroatoms. The summed E-state index contributed by atoms with van der Waals surface area (Å²) in [5, 5.41) is 5.12. The lowest BCUT2D eigenvalue weighted by atomic mass is 10.1. The lowest BCUT2D eigenvalue weighted by Gasteiger charge is -2.25. The maximum absolute atomic E-state index is 12.5. The maximum Gasteiger partial charge on any atom is 0.274 e. The van der Waals surface area contributed by atoms with Crippen LogP contribution < -0.4 is 0 Å². The summed E-state index contributed by atoms with van der Waals surface area (Å²) in [6.07, 6.45) is 3.37. The fourth-order valence-corrected chi connectivity index (χ4v) is 2.89. The monoisotopic (exact) mass is 303 g/mol. The number of benzene rings is 1. The molecule has 0 N–H and O–H groups in total. The summed E-state index contributed by atoms with van der Waals surface area (Å²) in [6.45, 7) is 3.62. The van der Waals surface area contributed by atoms with Crippen LogP contribution in [0.25, 0.3) is 5.69 Å². The molecule has 110 valence electrons. The highest BCUT2D eigenvalue weighted by molar-refractivity contribution is 6.30. The van der Waals surface area contributed by atoms with Crippen LogP contribution in [0.1, 0.15) is 35.4 Å². The summed E-state index contributed by atoms with van der Waals surface area (Å²) in [5.74, 6) is 0.0265. The molecule has 0 radical (unpaired) electrons. The van der Waals surface area contributed by atoms with Gasteiger partial charge in [-0.3, -0.25) is 4.79 Å². The van der Waals surface area contributed by atoms with E-state index in [0.717, 1.165) is 37.3 Å². The van der Waals surface area contributed by atoms with Gasteiger partial charge in [-0.25, -0.2) is 4.68 Å². The van der Waals surface area contributed by atoms with E-state index >= 15 is 0 Å². The lowest BCUT2D eigenvalue weighted by molar-refractivity contribution is 0.0718. The molecule has 1 aromatic heterocycles. The third-order valence-corrected chi connectivity index (χ3v) is 4.04. The average Bonchev–Trinajstić information content (AvgIpc) is 2.89. The van der Waals surface area contributed by atoms with Crippen LogP contribution in [0.2, 0.25) is 5.02 Å². The molecular weight excluding hydrogens is 286 g/mol. The zero-order valence-corrected chi connectivity index (χ0v) is 12.8. The van der Waals surface area contributed by atoms with E-state index in [1.807, 2.05) is 42.2 Å². The molecule has 0 saturated carbocycles. The molecular formula is C16H18ClN3O. The number of piperidine rings is 1. The van der Waals surface area contributed by atoms with Gasteiger partial charge in [-0.15, -0.1) is 0 Å². The molecule has 0 unspecified atom stereocenters. The quantitative estimate of drug-likeness (QED) is 0.852. The topological polar surface area (TPSA) is 38.1 Å². The highest BCUT2D eigenvalue weighted by Crippen LogP contribution is 2.18. The number of rotatable bonds is 2. The van der Waals surface area contributed by atoms with E-state index in [1.165, 1.54) is 6.42 Å². The van der Waals surface area contributed by atoms with Gasteiger partial charge in [0.1, 0.15) is 0 Å². The second kappa shape index (κ2) is 5.90. The van der Waals surface area contributed by atoms with E-state index in [4.69, 9.17) is 11.6 Å². The minimum absolute atomic E-state index is 0.0265. The second-order valence-electron chi connectivity index (χ2n) is 5.42. The van der Waals surface area contributed by atoms with Crippen LogP contribution in [0, 0.1) is 6.92 Å². The van der Waals surface area contributed by atoms with Gasteiger partial charge in [0.2, 0.25) is 0 Å². The summed E-state index contributed by atoms with van der Waals surface area (Å²) >= 11 is 6.02. The van der Waals surface area contributed by atoms with E-state index < -0.39 is 0 Å². The highest BCUT2D eigenvalue weighted by Gasteiger charge is 2.21. The molecule has 0 spiro atoms. The summed E-state index contributed by atoms with van der Waals surface area (Å²) < 4.78 is 1.77. The molecule has 1 aliphatic heterocycles. The number of aromatic nitrogens is 2. The predicted molar refractivity (Wildman–Crippen MR) is 83.1 cm³/mol. The number of likely N-dealkylation sites (tertiary alicyclic amines) is 1. The zero-order chi connectivity index (χ0) is 14.8. The molecule has 0 atom stereocenters. The molecule has 1 saturated heterocycles. The Hall–Kier alpha value is -1.81. The van der Waals surface area contributed by atoms with E-state index in [1.54, 1.807) is 4.68 Å². The van der Waals surface area contributed by atoms with Crippen LogP contribution in [-0.2, 0) is 0 Å². The van der Waals surface area contributed by atoms with Crippen LogP contribution in [0.5, 0.6) is 0 Å². The van der Waals surface area contributed by atoms with Crippen molar-refractivity contribution in [3.8, 4) is 5.69 Å². The number of halogens is 1. The number of aryl methyl sites for hydroxylation is 1. The minimum atomic E-state index is 0.0265. The summed E-state index contributed by atoms with van der Waals surface area (Å²) in [5.41, 5.74) is 2.31. The van der Waals surface area contributed by atoms with Crippen molar-refractivity contribution in [1.29, 1.82) is 0 Å². The van der Waals surface area contributed by atoms with Gasteiger partial charge >= 0.3 is 0 Å². The first-order valence-corrected chi connectivity index (χ1v) is 7.65. The number of nitrogens with zero attached hydrogens (tertiary/aromatic N) is 3. The number of hydrogen-bond acceptors (Lipinski definition) is 2. The van der Waals surface area contributed by atoms with E-state index in [9.17, 15) is 4.79 Å². The van der Waals surface area contributed by atoms with E-state index in [2.05, 4.69) is 5.10 Å². The van der Waals surface area contributed by atoms with Crippen molar-refractivity contribution >= 4 is 17.5 Å². The Morgan fingerprint density at radius 1 is 1.19 bits per heavy atom. The SMILES string of the molecule is Cc1cc(C(=O)N2CCCCC2)nn1-c1cccc(Cl)c1. The average molecular weight is 304 g/mol. The summed E-state index contributed by atoms with van der Waals surface area (Å²) in [4.78, 5) is 14.4. The van der Waals surface area contributed by atoms with E-state index in [0.29, 0.717) is 10.7 Å². The fraction of sp³-hybridized carbons (Fsp3) is 0.375. The first-order chi connectivity index (χ1) is 10.1. The van der Waals surface area contributed by atoms with Crippen molar-refractivity contribution in [3.63, 3.8) is 0 Å². The van der Waals surface area contributed by atoms with Crippen molar-refractivity contribution in [2.24, 2.45) is 0 Å². The Bertz CT molecular complexity index is 659. The normalized spacial score (nSPS) is 15.2. The second-order valence-corrected chi connectivity index (χ2v) is 5.85. The lowest BCUT2D eigenvalue weighted by Crippen LogP contribution is -2.35. The van der Waals surface area contributed by atoms with Gasteiger partial charge in [0.15, 0.2) is 5.69 Å². The first kappa shape index (κ1) is 14.1. The van der Waals surface area contributed by atoms with Crippen LogP contribution in [0.4, 0.5) is 0 Å². The van der Waals surface area contributed by atoms with Crippen molar-refractivity contribution in [2.45, 2.75) is 26.2 Å². The number of carbonyl (C=O) groups excluding carboxylic acids is 1. The zero-order valence-electron chi connectivity index (χ0n) is 12.1. The third kappa shape index (κ3) is 2.95. The van der Waals surface area contributed by atoms with Crippen molar-refractivity contribution in [1.82, 2.24) is 14.7 Å². The van der Waals surface area contributed by atoms with E-state index in [-0.39, 0.29) is 5.91 Å². The van der Waals surface area contributed by atoms with Gasteiger partial charge in [-0.1, -0.05) is 17.7 Å². The molecule has 21 heavy (non-hydrogen) atoms. The number of amides is 1. The van der Waals surface area contributed by atoms with Gasteiger partial charge in [-0.05, 0) is 50.5 Å². The van der Waals surface area contributed by atoms with Crippen molar-refractivity contribution in [3.05, 3.63) is 46.7 Å². The molecule has 1 aliphatic rings. The third-order valence-electron chi connectivity index (χ3n) is 3.80. The van der Waals surface area contributed by atoms with Crippen LogP contribution in [-0.4, -0.2) is 33.7 Å². The molecule has 1 amide bonds. The van der Waals surface area contributed by atoms with Gasteiger partial charge in [0, 0.05) is 23.8 Å². The fourth-order valence-electron chi connectivity index (χ4n) is 2.71. The molecule has 2 heterocycles. The molecule has 3 rings (SSSR count). The number of hydrogen-bond donors (Lipinski definition) is 0. The standard InChI is InChI=1S/C16H18ClN3O/c1-12-10-15(16(21)19-8-3-2-4-9-19)18-20(12)14-7-5-6-13(17)11-14/h5-7,10-11H,2-4,8-9H2,1H3. The van der Waals surface area contributed by atoms with Gasteiger partial charge in [0.05, 0.1) is 5.69 Å². The minimum Gasteiger partial charge on any atom is -0.337 e. The van der Waals surface area contributed by atoms with Crippen molar-refractivity contribution < 1.29 is 4.79 Å². The largest absolute Gasteiger partial charge is 0.337 e. The van der Waals surface area contributed by atoms with Gasteiger partial charge in [0.25, 0.3) is 5.91 Å². The molecule has 2 aromatic rings. The van der Waals surface area contributed by atoms with Gasteiger partial charge < -0.3 is 4.90 Å². The molecule has 4 nitrogen and oxygen atoms in total. The summed E-state index contributed by atoms with van der Waals surface area (Å²) in [6, 6.07) is 9.32. The summed E-state index contributed by atoms with van der Waals surface area (Å²) in [7, 11) is 0. The van der Waals surface area contributed by atoms with Gasteiger partial charge in [-0.2, -0.15) is 5.10 Å². The predicted octanol–water partition coefficient (Wildman–Crippen LogP) is 3.46. The van der Waals surface area contributed by atoms with Crippen LogP contribution in [0.3, 0.4) is 0 Å².